The first-order valence-corrected chi connectivity index (χ1v) is 9.35. The van der Waals surface area contributed by atoms with E-state index in [2.05, 4.69) is 17.2 Å². The second-order valence-electron chi connectivity index (χ2n) is 6.58. The first-order chi connectivity index (χ1) is 13.5. The molecule has 1 aromatic carbocycles. The molecule has 1 aliphatic heterocycles. The zero-order valence-electron chi connectivity index (χ0n) is 15.9. The maximum Gasteiger partial charge on any atom is 0.269 e. The fourth-order valence-electron chi connectivity index (χ4n) is 2.93. The number of non-ortho nitro benzene ring substituents is 1. The molecule has 1 saturated heterocycles. The third-order valence-corrected chi connectivity index (χ3v) is 4.51. The molecule has 1 aliphatic rings. The van der Waals surface area contributed by atoms with Crippen LogP contribution in [-0.2, 0) is 9.59 Å². The number of nitrogens with one attached hydrogen (secondary N) is 2. The first kappa shape index (κ1) is 21.4. The molecule has 2 amide bonds. The second-order valence-corrected chi connectivity index (χ2v) is 6.58. The number of hydrogen-bond donors (Lipinski definition) is 2. The monoisotopic (exact) mass is 389 g/mol. The highest BCUT2D eigenvalue weighted by atomic mass is 16.6. The van der Waals surface area contributed by atoms with E-state index in [1.807, 2.05) is 9.80 Å². The van der Waals surface area contributed by atoms with Crippen molar-refractivity contribution in [3.63, 3.8) is 0 Å². The molecule has 2 rings (SSSR count). The summed E-state index contributed by atoms with van der Waals surface area (Å²) < 4.78 is 0. The van der Waals surface area contributed by atoms with E-state index < -0.39 is 4.92 Å². The lowest BCUT2D eigenvalue weighted by Gasteiger charge is -2.34. The van der Waals surface area contributed by atoms with Crippen molar-refractivity contribution in [3.8, 4) is 0 Å². The molecule has 9 nitrogen and oxygen atoms in total. The van der Waals surface area contributed by atoms with Crippen molar-refractivity contribution in [1.82, 2.24) is 15.1 Å². The maximum atomic E-state index is 12.3. The van der Waals surface area contributed by atoms with Gasteiger partial charge in [-0.15, -0.1) is 6.58 Å². The van der Waals surface area contributed by atoms with E-state index in [0.717, 1.165) is 5.69 Å². The van der Waals surface area contributed by atoms with Gasteiger partial charge >= 0.3 is 0 Å². The van der Waals surface area contributed by atoms with Crippen molar-refractivity contribution >= 4 is 23.2 Å². The third-order valence-electron chi connectivity index (χ3n) is 4.51. The molecule has 0 unspecified atom stereocenters. The predicted molar refractivity (Wildman–Crippen MR) is 107 cm³/mol. The standard InChI is InChI=1S/C19H27N5O4/c1-2-9-21-18(25)15-22-11-13-23(14-12-22)19(26)4-3-10-20-16-5-7-17(8-6-16)24(27)28/h2,5-8,20H,1,3-4,9-15H2,(H,21,25). The molecule has 0 saturated carbocycles. The molecule has 0 radical (unpaired) electrons. The van der Waals surface area contributed by atoms with Crippen LogP contribution in [0.15, 0.2) is 36.9 Å². The normalized spacial score (nSPS) is 14.4. The Morgan fingerprint density at radius 1 is 1.18 bits per heavy atom. The number of piperazine rings is 1. The van der Waals surface area contributed by atoms with Gasteiger partial charge in [-0.05, 0) is 18.6 Å². The number of nitro benzene ring substituents is 1. The van der Waals surface area contributed by atoms with Crippen LogP contribution in [-0.4, -0.2) is 72.4 Å². The van der Waals surface area contributed by atoms with Crippen LogP contribution in [0.4, 0.5) is 11.4 Å². The Hall–Kier alpha value is -2.94. The molecule has 0 spiro atoms. The molecule has 1 fully saturated rings. The minimum atomic E-state index is -0.435. The molecule has 1 aromatic rings. The maximum absolute atomic E-state index is 12.3. The van der Waals surface area contributed by atoms with Gasteiger partial charge in [0.1, 0.15) is 0 Å². The van der Waals surface area contributed by atoms with Crippen LogP contribution in [0.3, 0.4) is 0 Å². The van der Waals surface area contributed by atoms with Crippen LogP contribution in [0.1, 0.15) is 12.8 Å². The Labute approximate surface area is 164 Å². The highest BCUT2D eigenvalue weighted by Crippen LogP contribution is 2.15. The summed E-state index contributed by atoms with van der Waals surface area (Å²) in [6.07, 6.45) is 2.77. The molecule has 0 aliphatic carbocycles. The van der Waals surface area contributed by atoms with Gasteiger partial charge < -0.3 is 15.5 Å². The Morgan fingerprint density at radius 3 is 2.46 bits per heavy atom. The number of nitrogens with zero attached hydrogens (tertiary/aromatic N) is 3. The average molecular weight is 389 g/mol. The van der Waals surface area contributed by atoms with E-state index in [4.69, 9.17) is 0 Å². The van der Waals surface area contributed by atoms with Crippen molar-refractivity contribution in [2.75, 3.05) is 51.1 Å². The number of benzene rings is 1. The van der Waals surface area contributed by atoms with Gasteiger partial charge in [0.2, 0.25) is 11.8 Å². The van der Waals surface area contributed by atoms with Crippen LogP contribution >= 0.6 is 0 Å². The van der Waals surface area contributed by atoms with Gasteiger partial charge in [0.05, 0.1) is 11.5 Å². The predicted octanol–water partition coefficient (Wildman–Crippen LogP) is 1.23. The summed E-state index contributed by atoms with van der Waals surface area (Å²) in [5.74, 6) is 0.0817. The number of amides is 2. The van der Waals surface area contributed by atoms with Crippen LogP contribution in [0.25, 0.3) is 0 Å². The molecule has 28 heavy (non-hydrogen) atoms. The van der Waals surface area contributed by atoms with E-state index in [0.29, 0.717) is 58.7 Å². The van der Waals surface area contributed by atoms with Crippen molar-refractivity contribution in [1.29, 1.82) is 0 Å². The summed E-state index contributed by atoms with van der Waals surface area (Å²) in [5, 5.41) is 16.5. The number of rotatable bonds is 10. The molecule has 1 heterocycles. The molecule has 0 aromatic heterocycles. The van der Waals surface area contributed by atoms with Crippen molar-refractivity contribution < 1.29 is 14.5 Å². The van der Waals surface area contributed by atoms with Crippen LogP contribution < -0.4 is 10.6 Å². The summed E-state index contributed by atoms with van der Waals surface area (Å²) in [6.45, 7) is 7.62. The zero-order valence-corrected chi connectivity index (χ0v) is 15.9. The molecule has 9 heteroatoms. The highest BCUT2D eigenvalue weighted by molar-refractivity contribution is 5.78. The Balaban J connectivity index is 1.61. The summed E-state index contributed by atoms with van der Waals surface area (Å²) in [5.41, 5.74) is 0.847. The largest absolute Gasteiger partial charge is 0.385 e. The van der Waals surface area contributed by atoms with Crippen LogP contribution in [0.5, 0.6) is 0 Å². The molecular formula is C19H27N5O4. The number of anilines is 1. The minimum absolute atomic E-state index is 0.0306. The highest BCUT2D eigenvalue weighted by Gasteiger charge is 2.21. The summed E-state index contributed by atoms with van der Waals surface area (Å²) >= 11 is 0. The molecular weight excluding hydrogens is 362 g/mol. The van der Waals surface area contributed by atoms with Gasteiger partial charge in [0.15, 0.2) is 0 Å². The fourth-order valence-corrected chi connectivity index (χ4v) is 2.93. The van der Waals surface area contributed by atoms with Crippen LogP contribution in [0, 0.1) is 10.1 Å². The number of carbonyl (C=O) groups excluding carboxylic acids is 2. The third kappa shape index (κ3) is 6.99. The van der Waals surface area contributed by atoms with Gasteiger partial charge in [-0.2, -0.15) is 0 Å². The summed E-state index contributed by atoms with van der Waals surface area (Å²) in [6, 6.07) is 6.21. The summed E-state index contributed by atoms with van der Waals surface area (Å²) in [7, 11) is 0. The van der Waals surface area contributed by atoms with Gasteiger partial charge in [-0.1, -0.05) is 6.08 Å². The van der Waals surface area contributed by atoms with Crippen molar-refractivity contribution in [3.05, 3.63) is 47.0 Å². The van der Waals surface area contributed by atoms with E-state index in [-0.39, 0.29) is 17.5 Å². The minimum Gasteiger partial charge on any atom is -0.385 e. The van der Waals surface area contributed by atoms with Gasteiger partial charge in [0.25, 0.3) is 5.69 Å². The number of nitro groups is 1. The molecule has 0 bridgehead atoms. The Bertz CT molecular complexity index is 684. The van der Waals surface area contributed by atoms with Crippen molar-refractivity contribution in [2.45, 2.75) is 12.8 Å². The van der Waals surface area contributed by atoms with Gasteiger partial charge in [-0.25, -0.2) is 0 Å². The van der Waals surface area contributed by atoms with Crippen molar-refractivity contribution in [2.24, 2.45) is 0 Å². The zero-order chi connectivity index (χ0) is 20.4. The lowest BCUT2D eigenvalue weighted by atomic mass is 10.2. The van der Waals surface area contributed by atoms with Crippen LogP contribution in [0.2, 0.25) is 0 Å². The Morgan fingerprint density at radius 2 is 1.86 bits per heavy atom. The SMILES string of the molecule is C=CCNC(=O)CN1CCN(C(=O)CCCNc2ccc([N+](=O)[O-])cc2)CC1. The quantitative estimate of drug-likeness (QED) is 0.270. The van der Waals surface area contributed by atoms with E-state index in [1.54, 1.807) is 18.2 Å². The molecule has 0 atom stereocenters. The second kappa shape index (κ2) is 11.0. The fraction of sp³-hybridized carbons (Fsp3) is 0.474. The summed E-state index contributed by atoms with van der Waals surface area (Å²) in [4.78, 5) is 38.1. The smallest absolute Gasteiger partial charge is 0.269 e. The lowest BCUT2D eigenvalue weighted by Crippen LogP contribution is -2.51. The lowest BCUT2D eigenvalue weighted by molar-refractivity contribution is -0.384. The van der Waals surface area contributed by atoms with Gasteiger partial charge in [-0.3, -0.25) is 24.6 Å². The van der Waals surface area contributed by atoms with E-state index >= 15 is 0 Å². The molecule has 2 N–H and O–H groups in total. The number of hydrogen-bond acceptors (Lipinski definition) is 6. The van der Waals surface area contributed by atoms with E-state index in [9.17, 15) is 19.7 Å². The first-order valence-electron chi connectivity index (χ1n) is 9.35. The van der Waals surface area contributed by atoms with E-state index in [1.165, 1.54) is 12.1 Å². The topological polar surface area (TPSA) is 108 Å². The Kier molecular flexibility index (Phi) is 8.41. The van der Waals surface area contributed by atoms with Gasteiger partial charge in [0, 0.05) is 63.5 Å². The number of carbonyl (C=O) groups is 2. The molecule has 152 valence electrons. The average Bonchev–Trinajstić information content (AvgIpc) is 2.70.